The van der Waals surface area contributed by atoms with Gasteiger partial charge in [-0.25, -0.2) is 4.79 Å². The SMILES string of the molecule is O=C(Nc1ccc2c(c1)OCCCO2)N1CCN(CCc2ccccc2)CC1. The molecule has 2 aromatic rings. The van der Waals surface area contributed by atoms with Gasteiger partial charge in [-0.2, -0.15) is 0 Å². The van der Waals surface area contributed by atoms with Crippen molar-refractivity contribution in [1.29, 1.82) is 0 Å². The smallest absolute Gasteiger partial charge is 0.321 e. The molecule has 2 amide bonds. The van der Waals surface area contributed by atoms with Crippen molar-refractivity contribution in [2.75, 3.05) is 51.3 Å². The summed E-state index contributed by atoms with van der Waals surface area (Å²) >= 11 is 0. The zero-order chi connectivity index (χ0) is 19.2. The van der Waals surface area contributed by atoms with Gasteiger partial charge in [-0.05, 0) is 24.1 Å². The van der Waals surface area contributed by atoms with E-state index in [1.165, 1.54) is 5.56 Å². The molecule has 1 fully saturated rings. The minimum absolute atomic E-state index is 0.0581. The van der Waals surface area contributed by atoms with Gasteiger partial charge >= 0.3 is 6.03 Å². The van der Waals surface area contributed by atoms with Gasteiger partial charge in [0.05, 0.1) is 13.2 Å². The molecule has 0 atom stereocenters. The van der Waals surface area contributed by atoms with E-state index in [0.717, 1.165) is 57.0 Å². The summed E-state index contributed by atoms with van der Waals surface area (Å²) in [6.07, 6.45) is 1.91. The molecule has 2 aliphatic heterocycles. The number of carbonyl (C=O) groups is 1. The van der Waals surface area contributed by atoms with Crippen LogP contribution in [0.1, 0.15) is 12.0 Å². The number of piperazine rings is 1. The Labute approximate surface area is 166 Å². The van der Waals surface area contributed by atoms with E-state index in [1.807, 2.05) is 29.2 Å². The van der Waals surface area contributed by atoms with Gasteiger partial charge < -0.3 is 19.7 Å². The summed E-state index contributed by atoms with van der Waals surface area (Å²) in [6.45, 7) is 5.61. The fourth-order valence-corrected chi connectivity index (χ4v) is 3.55. The fourth-order valence-electron chi connectivity index (χ4n) is 3.55. The second-order valence-corrected chi connectivity index (χ2v) is 7.21. The van der Waals surface area contributed by atoms with Crippen molar-refractivity contribution >= 4 is 11.7 Å². The summed E-state index contributed by atoms with van der Waals surface area (Å²) in [6, 6.07) is 16.0. The first-order valence-electron chi connectivity index (χ1n) is 10.00. The summed E-state index contributed by atoms with van der Waals surface area (Å²) in [5, 5.41) is 2.99. The van der Waals surface area contributed by atoms with Gasteiger partial charge in [-0.15, -0.1) is 0 Å². The first-order valence-corrected chi connectivity index (χ1v) is 10.00. The van der Waals surface area contributed by atoms with Crippen LogP contribution in [-0.4, -0.2) is 61.8 Å². The van der Waals surface area contributed by atoms with Gasteiger partial charge in [0.15, 0.2) is 11.5 Å². The number of rotatable bonds is 4. The van der Waals surface area contributed by atoms with Crippen molar-refractivity contribution in [3.63, 3.8) is 0 Å². The molecule has 0 saturated carbocycles. The van der Waals surface area contributed by atoms with Crippen LogP contribution in [0, 0.1) is 0 Å². The first kappa shape index (κ1) is 18.6. The van der Waals surface area contributed by atoms with E-state index < -0.39 is 0 Å². The molecule has 4 rings (SSSR count). The Balaban J connectivity index is 1.25. The average molecular weight is 381 g/mol. The van der Waals surface area contributed by atoms with E-state index in [2.05, 4.69) is 34.5 Å². The summed E-state index contributed by atoms with van der Waals surface area (Å²) in [5.41, 5.74) is 2.10. The number of hydrogen-bond acceptors (Lipinski definition) is 4. The standard InChI is InChI=1S/C22H27N3O3/c26-22(23-19-7-8-20-21(17-19)28-16-4-15-27-20)25-13-11-24(12-14-25)10-9-18-5-2-1-3-6-18/h1-3,5-8,17H,4,9-16H2,(H,23,26). The normalized spacial score (nSPS) is 17.1. The third kappa shape index (κ3) is 4.75. The molecule has 0 radical (unpaired) electrons. The highest BCUT2D eigenvalue weighted by Gasteiger charge is 2.21. The Kier molecular flexibility index (Phi) is 5.97. The lowest BCUT2D eigenvalue weighted by Crippen LogP contribution is -2.50. The van der Waals surface area contributed by atoms with Crippen molar-refractivity contribution in [2.24, 2.45) is 0 Å². The van der Waals surface area contributed by atoms with Crippen LogP contribution in [0.2, 0.25) is 0 Å². The molecule has 0 unspecified atom stereocenters. The Morgan fingerprint density at radius 2 is 1.68 bits per heavy atom. The van der Waals surface area contributed by atoms with Gasteiger partial charge in [-0.1, -0.05) is 30.3 Å². The lowest BCUT2D eigenvalue weighted by atomic mass is 10.1. The van der Waals surface area contributed by atoms with Gasteiger partial charge in [0.25, 0.3) is 0 Å². The molecule has 0 spiro atoms. The van der Waals surface area contributed by atoms with Crippen LogP contribution in [-0.2, 0) is 6.42 Å². The minimum Gasteiger partial charge on any atom is -0.490 e. The number of nitrogens with zero attached hydrogens (tertiary/aromatic N) is 2. The maximum Gasteiger partial charge on any atom is 0.321 e. The number of amides is 2. The Bertz CT molecular complexity index is 789. The highest BCUT2D eigenvalue weighted by Crippen LogP contribution is 2.32. The van der Waals surface area contributed by atoms with E-state index >= 15 is 0 Å². The van der Waals surface area contributed by atoms with Crippen LogP contribution < -0.4 is 14.8 Å². The maximum absolute atomic E-state index is 12.6. The average Bonchev–Trinajstić information content (AvgIpc) is 2.98. The molecule has 2 aromatic carbocycles. The van der Waals surface area contributed by atoms with Crippen molar-refractivity contribution in [3.05, 3.63) is 54.1 Å². The van der Waals surface area contributed by atoms with Gasteiger partial charge in [0.2, 0.25) is 0 Å². The molecule has 2 aliphatic rings. The number of hydrogen-bond donors (Lipinski definition) is 1. The largest absolute Gasteiger partial charge is 0.490 e. The van der Waals surface area contributed by atoms with Crippen LogP contribution in [0.5, 0.6) is 11.5 Å². The number of anilines is 1. The molecule has 0 bridgehead atoms. The molecule has 1 saturated heterocycles. The van der Waals surface area contributed by atoms with Crippen molar-refractivity contribution in [3.8, 4) is 11.5 Å². The molecular formula is C22H27N3O3. The summed E-state index contributed by atoms with van der Waals surface area (Å²) in [4.78, 5) is 16.9. The van der Waals surface area contributed by atoms with Crippen LogP contribution in [0.15, 0.2) is 48.5 Å². The second kappa shape index (κ2) is 8.97. The second-order valence-electron chi connectivity index (χ2n) is 7.21. The highest BCUT2D eigenvalue weighted by atomic mass is 16.5. The van der Waals surface area contributed by atoms with Crippen LogP contribution in [0.4, 0.5) is 10.5 Å². The molecule has 148 valence electrons. The first-order chi connectivity index (χ1) is 13.8. The monoisotopic (exact) mass is 381 g/mol. The molecule has 0 aromatic heterocycles. The van der Waals surface area contributed by atoms with E-state index in [4.69, 9.17) is 9.47 Å². The zero-order valence-corrected chi connectivity index (χ0v) is 16.1. The molecule has 28 heavy (non-hydrogen) atoms. The number of benzene rings is 2. The summed E-state index contributed by atoms with van der Waals surface area (Å²) < 4.78 is 11.3. The van der Waals surface area contributed by atoms with E-state index in [1.54, 1.807) is 0 Å². The molecule has 6 heteroatoms. The van der Waals surface area contributed by atoms with Crippen molar-refractivity contribution in [1.82, 2.24) is 9.80 Å². The van der Waals surface area contributed by atoms with E-state index in [9.17, 15) is 4.79 Å². The van der Waals surface area contributed by atoms with E-state index in [-0.39, 0.29) is 6.03 Å². The quantitative estimate of drug-likeness (QED) is 0.883. The van der Waals surface area contributed by atoms with Gasteiger partial charge in [-0.3, -0.25) is 4.90 Å². The molecule has 6 nitrogen and oxygen atoms in total. The van der Waals surface area contributed by atoms with Crippen molar-refractivity contribution < 1.29 is 14.3 Å². The lowest BCUT2D eigenvalue weighted by Gasteiger charge is -2.34. The number of ether oxygens (including phenoxy) is 2. The number of nitrogens with one attached hydrogen (secondary N) is 1. The summed E-state index contributed by atoms with van der Waals surface area (Å²) in [5.74, 6) is 1.43. The van der Waals surface area contributed by atoms with Gasteiger partial charge in [0.1, 0.15) is 0 Å². The van der Waals surface area contributed by atoms with Crippen LogP contribution >= 0.6 is 0 Å². The van der Waals surface area contributed by atoms with E-state index in [0.29, 0.717) is 19.0 Å². The Morgan fingerprint density at radius 3 is 2.46 bits per heavy atom. The van der Waals surface area contributed by atoms with Crippen molar-refractivity contribution in [2.45, 2.75) is 12.8 Å². The third-order valence-electron chi connectivity index (χ3n) is 5.22. The predicted octanol–water partition coefficient (Wildman–Crippen LogP) is 3.24. The zero-order valence-electron chi connectivity index (χ0n) is 16.1. The molecular weight excluding hydrogens is 354 g/mol. The van der Waals surface area contributed by atoms with Gasteiger partial charge in [0, 0.05) is 50.9 Å². The number of fused-ring (bicyclic) bond motifs is 1. The number of urea groups is 1. The molecule has 2 heterocycles. The highest BCUT2D eigenvalue weighted by molar-refractivity contribution is 5.89. The minimum atomic E-state index is -0.0581. The molecule has 1 N–H and O–H groups in total. The lowest BCUT2D eigenvalue weighted by molar-refractivity contribution is 0.148. The van der Waals surface area contributed by atoms with Crippen LogP contribution in [0.3, 0.4) is 0 Å². The third-order valence-corrected chi connectivity index (χ3v) is 5.22. The Hall–Kier alpha value is -2.73. The van der Waals surface area contributed by atoms with Crippen LogP contribution in [0.25, 0.3) is 0 Å². The fraction of sp³-hybridized carbons (Fsp3) is 0.409. The Morgan fingerprint density at radius 1 is 0.929 bits per heavy atom. The molecule has 0 aliphatic carbocycles. The number of carbonyl (C=O) groups excluding carboxylic acids is 1. The summed E-state index contributed by atoms with van der Waals surface area (Å²) in [7, 11) is 0. The predicted molar refractivity (Wildman–Crippen MR) is 109 cm³/mol. The maximum atomic E-state index is 12.6. The topological polar surface area (TPSA) is 54.0 Å².